The second kappa shape index (κ2) is 4.67. The molecule has 0 spiro atoms. The highest BCUT2D eigenvalue weighted by Gasteiger charge is 2.27. The smallest absolute Gasteiger partial charge is 0.258 e. The van der Waals surface area contributed by atoms with E-state index in [2.05, 4.69) is 4.98 Å². The van der Waals surface area contributed by atoms with E-state index < -0.39 is 27.6 Å². The highest BCUT2D eigenvalue weighted by Crippen LogP contribution is 2.36. The summed E-state index contributed by atoms with van der Waals surface area (Å²) in [5.41, 5.74) is -1.63. The van der Waals surface area contributed by atoms with E-state index in [9.17, 15) is 18.9 Å². The lowest BCUT2D eigenvalue weighted by atomic mass is 10.2. The molecule has 15 heavy (non-hydrogen) atoms. The van der Waals surface area contributed by atoms with Crippen LogP contribution in [0.25, 0.3) is 0 Å². The SMILES string of the molecule is O=[N+]([O-])c1c(C(F)F)cnc(CCl)c1Cl. The molecule has 0 radical (unpaired) electrons. The molecule has 1 aromatic rings. The Hall–Kier alpha value is -1.01. The zero-order chi connectivity index (χ0) is 11.6. The van der Waals surface area contributed by atoms with E-state index in [0.717, 1.165) is 0 Å². The summed E-state index contributed by atoms with van der Waals surface area (Å²) in [5, 5.41) is 10.1. The summed E-state index contributed by atoms with van der Waals surface area (Å²) in [7, 11) is 0. The third kappa shape index (κ3) is 2.32. The summed E-state index contributed by atoms with van der Waals surface area (Å²) >= 11 is 10.9. The van der Waals surface area contributed by atoms with Crippen LogP contribution in [0.5, 0.6) is 0 Å². The minimum atomic E-state index is -3.00. The zero-order valence-corrected chi connectivity index (χ0v) is 8.60. The van der Waals surface area contributed by atoms with Crippen LogP contribution in [0.4, 0.5) is 14.5 Å². The third-order valence-electron chi connectivity index (χ3n) is 1.64. The normalized spacial score (nSPS) is 10.7. The Morgan fingerprint density at radius 3 is 2.60 bits per heavy atom. The number of nitro groups is 1. The number of halogens is 4. The van der Waals surface area contributed by atoms with Crippen molar-refractivity contribution in [3.63, 3.8) is 0 Å². The zero-order valence-electron chi connectivity index (χ0n) is 7.08. The van der Waals surface area contributed by atoms with Crippen LogP contribution >= 0.6 is 23.2 Å². The Morgan fingerprint density at radius 1 is 1.60 bits per heavy atom. The van der Waals surface area contributed by atoms with Gasteiger partial charge in [-0.05, 0) is 0 Å². The Bertz CT molecular complexity index is 401. The van der Waals surface area contributed by atoms with Gasteiger partial charge in [0, 0.05) is 6.20 Å². The highest BCUT2D eigenvalue weighted by molar-refractivity contribution is 6.34. The molecule has 0 aliphatic carbocycles. The molecular weight excluding hydrogens is 253 g/mol. The molecule has 1 rings (SSSR count). The van der Waals surface area contributed by atoms with Crippen molar-refractivity contribution in [1.82, 2.24) is 4.98 Å². The maximum atomic E-state index is 12.4. The molecule has 0 N–H and O–H groups in total. The van der Waals surface area contributed by atoms with Crippen molar-refractivity contribution in [2.24, 2.45) is 0 Å². The average Bonchev–Trinajstić information content (AvgIpc) is 2.16. The lowest BCUT2D eigenvalue weighted by Crippen LogP contribution is -2.01. The Labute approximate surface area is 93.0 Å². The summed E-state index contributed by atoms with van der Waals surface area (Å²) in [6, 6.07) is 0. The Morgan fingerprint density at radius 2 is 2.20 bits per heavy atom. The molecule has 0 unspecified atom stereocenters. The van der Waals surface area contributed by atoms with Crippen LogP contribution in [0, 0.1) is 10.1 Å². The fourth-order valence-electron chi connectivity index (χ4n) is 0.967. The van der Waals surface area contributed by atoms with Crippen LogP contribution in [0.2, 0.25) is 5.02 Å². The van der Waals surface area contributed by atoms with Gasteiger partial charge in [0.05, 0.1) is 16.5 Å². The van der Waals surface area contributed by atoms with E-state index in [1.165, 1.54) is 0 Å². The summed E-state index contributed by atoms with van der Waals surface area (Å²) in [6.07, 6.45) is -2.29. The lowest BCUT2D eigenvalue weighted by molar-refractivity contribution is -0.386. The van der Waals surface area contributed by atoms with Crippen LogP contribution in [0.15, 0.2) is 6.20 Å². The fourth-order valence-corrected chi connectivity index (χ4v) is 1.53. The van der Waals surface area contributed by atoms with Gasteiger partial charge in [0.2, 0.25) is 0 Å². The van der Waals surface area contributed by atoms with Crippen LogP contribution in [0.1, 0.15) is 17.7 Å². The van der Waals surface area contributed by atoms with Gasteiger partial charge in [-0.1, -0.05) is 11.6 Å². The van der Waals surface area contributed by atoms with Crippen molar-refractivity contribution in [1.29, 1.82) is 0 Å². The summed E-state index contributed by atoms with van der Waals surface area (Å²) in [5.74, 6) is -0.177. The second-order valence-electron chi connectivity index (χ2n) is 2.51. The Balaban J connectivity index is 3.44. The number of pyridine rings is 1. The molecule has 1 heterocycles. The summed E-state index contributed by atoms with van der Waals surface area (Å²) in [6.45, 7) is 0. The molecule has 82 valence electrons. The van der Waals surface area contributed by atoms with Gasteiger partial charge in [-0.25, -0.2) is 8.78 Å². The molecule has 0 saturated carbocycles. The monoisotopic (exact) mass is 256 g/mol. The first-order chi connectivity index (χ1) is 6.99. The number of nitrogens with zero attached hydrogens (tertiary/aromatic N) is 2. The lowest BCUT2D eigenvalue weighted by Gasteiger charge is -2.05. The Kier molecular flexibility index (Phi) is 3.76. The van der Waals surface area contributed by atoms with E-state index in [0.29, 0.717) is 6.20 Å². The second-order valence-corrected chi connectivity index (χ2v) is 3.16. The average molecular weight is 257 g/mol. The molecule has 0 aliphatic rings. The summed E-state index contributed by atoms with van der Waals surface area (Å²) in [4.78, 5) is 13.1. The van der Waals surface area contributed by atoms with Gasteiger partial charge < -0.3 is 0 Å². The predicted molar refractivity (Wildman–Crippen MR) is 50.4 cm³/mol. The molecule has 8 heteroatoms. The molecule has 1 aromatic heterocycles. The topological polar surface area (TPSA) is 56.0 Å². The molecule has 0 atom stereocenters. The quantitative estimate of drug-likeness (QED) is 0.474. The molecule has 0 fully saturated rings. The maximum Gasteiger partial charge on any atom is 0.300 e. The summed E-state index contributed by atoms with van der Waals surface area (Å²) < 4.78 is 24.7. The number of rotatable bonds is 3. The van der Waals surface area contributed by atoms with E-state index in [1.54, 1.807) is 0 Å². The van der Waals surface area contributed by atoms with E-state index >= 15 is 0 Å². The molecule has 0 amide bonds. The van der Waals surface area contributed by atoms with E-state index in [1.807, 2.05) is 0 Å². The molecule has 4 nitrogen and oxygen atoms in total. The number of alkyl halides is 3. The first kappa shape index (κ1) is 12.1. The van der Waals surface area contributed by atoms with Crippen molar-refractivity contribution in [2.75, 3.05) is 0 Å². The maximum absolute atomic E-state index is 12.4. The van der Waals surface area contributed by atoms with Gasteiger partial charge in [-0.3, -0.25) is 15.1 Å². The first-order valence-electron chi connectivity index (χ1n) is 3.64. The van der Waals surface area contributed by atoms with Crippen molar-refractivity contribution >= 4 is 28.9 Å². The van der Waals surface area contributed by atoms with Crippen molar-refractivity contribution in [3.8, 4) is 0 Å². The van der Waals surface area contributed by atoms with Crippen molar-refractivity contribution in [2.45, 2.75) is 12.3 Å². The van der Waals surface area contributed by atoms with Gasteiger partial charge >= 0.3 is 0 Å². The van der Waals surface area contributed by atoms with E-state index in [4.69, 9.17) is 23.2 Å². The first-order valence-corrected chi connectivity index (χ1v) is 4.56. The molecule has 0 saturated heterocycles. The molecular formula is C7H4Cl2F2N2O2. The van der Waals surface area contributed by atoms with Crippen LogP contribution in [-0.4, -0.2) is 9.91 Å². The van der Waals surface area contributed by atoms with Crippen molar-refractivity contribution < 1.29 is 13.7 Å². The van der Waals surface area contributed by atoms with Crippen LogP contribution in [-0.2, 0) is 5.88 Å². The molecule has 0 aromatic carbocycles. The number of aromatic nitrogens is 1. The largest absolute Gasteiger partial charge is 0.300 e. The van der Waals surface area contributed by atoms with Gasteiger partial charge in [0.15, 0.2) is 0 Å². The number of hydrogen-bond acceptors (Lipinski definition) is 3. The van der Waals surface area contributed by atoms with Gasteiger partial charge in [-0.15, -0.1) is 11.6 Å². The van der Waals surface area contributed by atoms with Crippen LogP contribution < -0.4 is 0 Å². The predicted octanol–water partition coefficient (Wildman–Crippen LogP) is 3.32. The minimum Gasteiger partial charge on any atom is -0.258 e. The van der Waals surface area contributed by atoms with Crippen LogP contribution in [0.3, 0.4) is 0 Å². The molecule has 0 bridgehead atoms. The van der Waals surface area contributed by atoms with E-state index in [-0.39, 0.29) is 11.6 Å². The van der Waals surface area contributed by atoms with Crippen molar-refractivity contribution in [3.05, 3.63) is 32.6 Å². The highest BCUT2D eigenvalue weighted by atomic mass is 35.5. The fraction of sp³-hybridized carbons (Fsp3) is 0.286. The third-order valence-corrected chi connectivity index (χ3v) is 2.29. The minimum absolute atomic E-state index is 0.00873. The van der Waals surface area contributed by atoms with Gasteiger partial charge in [0.1, 0.15) is 10.6 Å². The van der Waals surface area contributed by atoms with Gasteiger partial charge in [0.25, 0.3) is 12.1 Å². The van der Waals surface area contributed by atoms with Gasteiger partial charge in [-0.2, -0.15) is 0 Å². The standard InChI is InChI=1S/C7H4Cl2F2N2O2/c8-1-4-5(9)6(13(14)15)3(2-12-4)7(10)11/h2,7H,1H2. The number of hydrogen-bond donors (Lipinski definition) is 0. The molecule has 0 aliphatic heterocycles.